The zero-order valence-corrected chi connectivity index (χ0v) is 23.0. The van der Waals surface area contributed by atoms with Gasteiger partial charge < -0.3 is 15.1 Å². The van der Waals surface area contributed by atoms with E-state index < -0.39 is 12.2 Å². The Morgan fingerprint density at radius 3 is 2.28 bits per heavy atom. The minimum atomic E-state index is -0.535. The first-order valence-corrected chi connectivity index (χ1v) is 14.3. The van der Waals surface area contributed by atoms with Crippen LogP contribution in [0.4, 0.5) is 5.82 Å². The number of hydrogen-bond acceptors (Lipinski definition) is 4. The lowest BCUT2D eigenvalue weighted by molar-refractivity contribution is 0.00483. The van der Waals surface area contributed by atoms with Crippen molar-refractivity contribution in [2.24, 2.45) is 17.8 Å². The van der Waals surface area contributed by atoms with Crippen LogP contribution in [-0.4, -0.2) is 40.5 Å². The third-order valence-electron chi connectivity index (χ3n) is 9.89. The molecule has 0 amide bonds. The van der Waals surface area contributed by atoms with Crippen molar-refractivity contribution in [2.75, 3.05) is 18.0 Å². The van der Waals surface area contributed by atoms with Crippen LogP contribution >= 0.6 is 0 Å². The monoisotopic (exact) mass is 490 g/mol. The van der Waals surface area contributed by atoms with E-state index in [1.54, 1.807) is 0 Å². The fourth-order valence-electron chi connectivity index (χ4n) is 7.22. The number of rotatable bonds is 5. The summed E-state index contributed by atoms with van der Waals surface area (Å²) in [5.41, 5.74) is 5.70. The van der Waals surface area contributed by atoms with Crippen molar-refractivity contribution >= 4 is 5.82 Å². The van der Waals surface area contributed by atoms with Gasteiger partial charge in [-0.25, -0.2) is 4.98 Å². The van der Waals surface area contributed by atoms with Gasteiger partial charge in [-0.15, -0.1) is 0 Å². The highest BCUT2D eigenvalue weighted by atomic mass is 16.3. The van der Waals surface area contributed by atoms with E-state index in [1.807, 2.05) is 0 Å². The molecule has 2 heterocycles. The molecule has 2 aromatic rings. The Balaban J connectivity index is 1.26. The second-order valence-electron chi connectivity index (χ2n) is 13.4. The predicted octanol–water partition coefficient (Wildman–Crippen LogP) is 6.47. The third-order valence-corrected chi connectivity index (χ3v) is 9.89. The maximum atomic E-state index is 10.3. The number of piperidine rings is 1. The normalized spacial score (nSPS) is 28.6. The number of anilines is 1. The summed E-state index contributed by atoms with van der Waals surface area (Å²) in [5.74, 6) is 2.50. The van der Waals surface area contributed by atoms with E-state index >= 15 is 0 Å². The lowest BCUT2D eigenvalue weighted by atomic mass is 9.63. The predicted molar refractivity (Wildman–Crippen MR) is 148 cm³/mol. The van der Waals surface area contributed by atoms with E-state index in [9.17, 15) is 10.2 Å². The van der Waals surface area contributed by atoms with Crippen molar-refractivity contribution in [3.05, 3.63) is 47.5 Å². The highest BCUT2D eigenvalue weighted by Crippen LogP contribution is 2.46. The van der Waals surface area contributed by atoms with Crippen molar-refractivity contribution in [3.8, 4) is 11.3 Å². The molecule has 4 unspecified atom stereocenters. The number of nitrogens with zero attached hydrogens (tertiary/aromatic N) is 2. The summed E-state index contributed by atoms with van der Waals surface area (Å²) in [4.78, 5) is 7.58. The summed E-state index contributed by atoms with van der Waals surface area (Å²) in [6.45, 7) is 13.9. The maximum Gasteiger partial charge on any atom is 0.129 e. The van der Waals surface area contributed by atoms with Gasteiger partial charge in [-0.3, -0.25) is 0 Å². The van der Waals surface area contributed by atoms with Crippen molar-refractivity contribution in [1.29, 1.82) is 0 Å². The molecule has 4 heteroatoms. The van der Waals surface area contributed by atoms with Crippen molar-refractivity contribution in [2.45, 2.75) is 103 Å². The van der Waals surface area contributed by atoms with E-state index in [-0.39, 0.29) is 16.7 Å². The molecule has 196 valence electrons. The molecular formula is C32H46N2O2. The third kappa shape index (κ3) is 4.96. The molecule has 2 fully saturated rings. The van der Waals surface area contributed by atoms with Crippen LogP contribution in [-0.2, 0) is 10.8 Å². The molecule has 2 aliphatic carbocycles. The number of aliphatic hydroxyl groups excluding tert-OH is 2. The Bertz CT molecular complexity index is 1070. The van der Waals surface area contributed by atoms with Crippen molar-refractivity contribution in [3.63, 3.8) is 0 Å². The van der Waals surface area contributed by atoms with Crippen LogP contribution in [0.3, 0.4) is 0 Å². The minimum absolute atomic E-state index is 0.199. The van der Waals surface area contributed by atoms with Crippen LogP contribution in [0.25, 0.3) is 11.3 Å². The molecule has 0 bridgehead atoms. The quantitative estimate of drug-likeness (QED) is 0.504. The summed E-state index contributed by atoms with van der Waals surface area (Å²) in [6, 6.07) is 13.5. The highest BCUT2D eigenvalue weighted by Gasteiger charge is 2.38. The largest absolute Gasteiger partial charge is 0.390 e. The Morgan fingerprint density at radius 1 is 0.917 bits per heavy atom. The summed E-state index contributed by atoms with van der Waals surface area (Å²) in [6.07, 6.45) is 6.59. The van der Waals surface area contributed by atoms with Gasteiger partial charge in [0.2, 0.25) is 0 Å². The Kier molecular flexibility index (Phi) is 6.97. The molecule has 1 aliphatic heterocycles. The average Bonchev–Trinajstić information content (AvgIpc) is 3.20. The number of fused-ring (bicyclic) bond motifs is 1. The average molecular weight is 491 g/mol. The number of aliphatic hydroxyl groups is 2. The highest BCUT2D eigenvalue weighted by molar-refractivity contribution is 5.65. The lowest BCUT2D eigenvalue weighted by Gasteiger charge is -2.42. The summed E-state index contributed by atoms with van der Waals surface area (Å²) in [5, 5.41) is 20.3. The topological polar surface area (TPSA) is 56.6 Å². The number of hydrogen-bond donors (Lipinski definition) is 2. The molecular weight excluding hydrogens is 444 g/mol. The Hall–Kier alpha value is -1.91. The van der Waals surface area contributed by atoms with Crippen LogP contribution < -0.4 is 4.90 Å². The lowest BCUT2D eigenvalue weighted by Crippen LogP contribution is -2.36. The molecule has 0 spiro atoms. The summed E-state index contributed by atoms with van der Waals surface area (Å²) in [7, 11) is 0. The minimum Gasteiger partial charge on any atom is -0.390 e. The van der Waals surface area contributed by atoms with Crippen LogP contribution in [0, 0.1) is 17.8 Å². The Morgan fingerprint density at radius 2 is 1.61 bits per heavy atom. The molecule has 36 heavy (non-hydrogen) atoms. The number of pyridine rings is 1. The van der Waals surface area contributed by atoms with Gasteiger partial charge >= 0.3 is 0 Å². The van der Waals surface area contributed by atoms with E-state index in [0.717, 1.165) is 43.9 Å². The number of benzene rings is 1. The van der Waals surface area contributed by atoms with Gasteiger partial charge in [0, 0.05) is 18.7 Å². The van der Waals surface area contributed by atoms with Crippen molar-refractivity contribution in [1.82, 2.24) is 4.98 Å². The maximum absolute atomic E-state index is 10.3. The zero-order chi connectivity index (χ0) is 25.7. The molecule has 2 N–H and O–H groups in total. The molecule has 3 aliphatic rings. The molecule has 1 aromatic carbocycles. The van der Waals surface area contributed by atoms with Gasteiger partial charge in [0.1, 0.15) is 5.82 Å². The standard InChI is InChI=1S/C32H46N2O2/c1-21(24-10-12-28(35)30(24)36)19-22-13-17-34(18-14-22)29-8-6-7-27(33-29)23-9-11-25-26(20-23)32(4,5)16-15-31(25,2)3/h6-9,11,20-22,24,28,30,35-36H,10,12-19H2,1-5H3. The summed E-state index contributed by atoms with van der Waals surface area (Å²) >= 11 is 0. The van der Waals surface area contributed by atoms with Crippen LogP contribution in [0.5, 0.6) is 0 Å². The first kappa shape index (κ1) is 25.7. The van der Waals surface area contributed by atoms with Gasteiger partial charge in [-0.1, -0.05) is 52.8 Å². The van der Waals surface area contributed by atoms with E-state index in [0.29, 0.717) is 11.8 Å². The fraction of sp³-hybridized carbons (Fsp3) is 0.656. The molecule has 1 saturated heterocycles. The number of aromatic nitrogens is 1. The van der Waals surface area contributed by atoms with Gasteiger partial charge in [0.15, 0.2) is 0 Å². The molecule has 4 nitrogen and oxygen atoms in total. The molecule has 5 rings (SSSR count). The SMILES string of the molecule is CC(CC1CCN(c2cccc(-c3ccc4c(c3)C(C)(C)CCC4(C)C)n2)CC1)C1CCC(O)C1O. The van der Waals surface area contributed by atoms with E-state index in [1.165, 1.54) is 42.4 Å². The smallest absolute Gasteiger partial charge is 0.129 e. The second kappa shape index (κ2) is 9.76. The molecule has 4 atom stereocenters. The van der Waals surface area contributed by atoms with Crippen LogP contribution in [0.1, 0.15) is 90.7 Å². The van der Waals surface area contributed by atoms with Crippen molar-refractivity contribution < 1.29 is 10.2 Å². The van der Waals surface area contributed by atoms with Gasteiger partial charge in [-0.05, 0) is 103 Å². The van der Waals surface area contributed by atoms with Crippen LogP contribution in [0.2, 0.25) is 0 Å². The van der Waals surface area contributed by atoms with Gasteiger partial charge in [0.25, 0.3) is 0 Å². The Labute approximate surface area is 218 Å². The zero-order valence-electron chi connectivity index (χ0n) is 23.0. The van der Waals surface area contributed by atoms with Crippen LogP contribution in [0.15, 0.2) is 36.4 Å². The first-order chi connectivity index (χ1) is 17.0. The van der Waals surface area contributed by atoms with E-state index in [2.05, 4.69) is 75.9 Å². The molecule has 1 aromatic heterocycles. The second-order valence-corrected chi connectivity index (χ2v) is 13.4. The van der Waals surface area contributed by atoms with Gasteiger partial charge in [-0.2, -0.15) is 0 Å². The fourth-order valence-corrected chi connectivity index (χ4v) is 7.22. The molecule has 0 radical (unpaired) electrons. The molecule has 1 saturated carbocycles. The van der Waals surface area contributed by atoms with Gasteiger partial charge in [0.05, 0.1) is 17.9 Å². The summed E-state index contributed by atoms with van der Waals surface area (Å²) < 4.78 is 0. The van der Waals surface area contributed by atoms with E-state index in [4.69, 9.17) is 4.98 Å². The first-order valence-electron chi connectivity index (χ1n) is 14.3.